The third-order valence-electron chi connectivity index (χ3n) is 20.9. The maximum atomic E-state index is 13.3. The molecule has 16 heteroatoms. The van der Waals surface area contributed by atoms with E-state index in [9.17, 15) is 38.4 Å². The van der Waals surface area contributed by atoms with E-state index >= 15 is 0 Å². The molecule has 106 heavy (non-hydrogen) atoms. The second-order valence-electron chi connectivity index (χ2n) is 30.2. The van der Waals surface area contributed by atoms with Crippen molar-refractivity contribution in [3.63, 3.8) is 0 Å². The van der Waals surface area contributed by atoms with Crippen LogP contribution < -0.4 is 0 Å². The number of ether oxygens (including phenoxy) is 8. The molecule has 8 unspecified atom stereocenters. The van der Waals surface area contributed by atoms with E-state index in [1.807, 2.05) is 25.2 Å². The lowest BCUT2D eigenvalue weighted by molar-refractivity contribution is -0.167. The van der Waals surface area contributed by atoms with Crippen LogP contribution in [0.3, 0.4) is 0 Å². The van der Waals surface area contributed by atoms with Crippen molar-refractivity contribution in [2.75, 3.05) is 33.4 Å². The highest BCUT2D eigenvalue weighted by molar-refractivity contribution is 5.82. The standard InChI is InChI=1S/C90H150O16/c1-7-12-16-19-22-32-40-50-59-76(58-49-39-20-17-13-8-2)70-101-88(96)75(6)77(11-5)60-51-42-33-28-25-23-24-26-30-35-45-55-65-83(91)99-71-80(106-85(93)67-57-47-38-37-44-54-64-79(63-52-41-21-18-14-9-3)82-69-87(95)103-74-105-90(82)98)72-100-84(92)66-56-46-36-31-27-29-34-43-53-62-78(61-48-15-10-4)81-68-86(94)102-73-104-89(81)97/h23,25,33-34,42-43,51,53-54,60,62,64,75-82H,7-22,24,26-32,35-41,44-50,52,55-59,61,63,65-74H2,1-6H3/b25-23-,42-33-,43-34-,60-51+,62-53+,64-54+. The summed E-state index contributed by atoms with van der Waals surface area (Å²) in [4.78, 5) is 102. The number of esters is 8. The first-order chi connectivity index (χ1) is 51.8. The molecule has 2 rings (SSSR count). The summed E-state index contributed by atoms with van der Waals surface area (Å²) in [5, 5.41) is 0. The van der Waals surface area contributed by atoms with Crippen molar-refractivity contribution in [1.29, 1.82) is 0 Å². The van der Waals surface area contributed by atoms with Gasteiger partial charge in [0, 0.05) is 19.3 Å². The molecule has 0 aliphatic carbocycles. The summed E-state index contributed by atoms with van der Waals surface area (Å²) in [6, 6.07) is 0. The quantitative estimate of drug-likeness (QED) is 0.0182. The molecule has 0 radical (unpaired) electrons. The molecule has 2 saturated heterocycles. The minimum absolute atomic E-state index is 0.0186. The Bertz CT molecular complexity index is 2460. The van der Waals surface area contributed by atoms with Crippen LogP contribution >= 0.6 is 0 Å². The Morgan fingerprint density at radius 1 is 0.387 bits per heavy atom. The molecule has 606 valence electrons. The SMILES string of the molecule is CCCCCCCCCCC(CCCCCCCC)COC(=O)C(C)C(/C=C/C=C\C/C=C\CCCCCCCC(=O)OCC(COC(=O)CCCCCCC/C=C\C=C\C(CCCCC)C1CC(=O)OCOC1=O)OC(=O)CCCCCC/C=C/C(CCCCCCCC)C1CC(=O)OCOC1=O)CC. The third-order valence-corrected chi connectivity index (χ3v) is 20.9. The van der Waals surface area contributed by atoms with Crippen molar-refractivity contribution in [2.24, 2.45) is 41.4 Å². The average molecular weight is 1490 g/mol. The predicted molar refractivity (Wildman–Crippen MR) is 426 cm³/mol. The van der Waals surface area contributed by atoms with Gasteiger partial charge in [-0.15, -0.1) is 0 Å². The van der Waals surface area contributed by atoms with Gasteiger partial charge in [-0.2, -0.15) is 0 Å². The first-order valence-electron chi connectivity index (χ1n) is 43.1. The van der Waals surface area contributed by atoms with Crippen molar-refractivity contribution >= 4 is 47.8 Å². The predicted octanol–water partition coefficient (Wildman–Crippen LogP) is 23.3. The number of cyclic esters (lactones) is 4. The zero-order valence-electron chi connectivity index (χ0n) is 67.7. The molecule has 0 aromatic carbocycles. The summed E-state index contributed by atoms with van der Waals surface area (Å²) >= 11 is 0. The van der Waals surface area contributed by atoms with Crippen LogP contribution in [0, 0.1) is 41.4 Å². The molecule has 0 amide bonds. The fraction of sp³-hybridized carbons (Fsp3) is 0.778. The van der Waals surface area contributed by atoms with E-state index in [2.05, 4.69) is 89.3 Å². The Labute approximate surface area is 643 Å². The molecule has 0 bridgehead atoms. The maximum Gasteiger partial charge on any atom is 0.313 e. The zero-order valence-corrected chi connectivity index (χ0v) is 67.7. The van der Waals surface area contributed by atoms with E-state index in [1.165, 1.54) is 109 Å². The van der Waals surface area contributed by atoms with Crippen LogP contribution in [0.4, 0.5) is 0 Å². The van der Waals surface area contributed by atoms with E-state index in [4.69, 9.17) is 37.9 Å². The van der Waals surface area contributed by atoms with E-state index in [-0.39, 0.29) is 106 Å². The van der Waals surface area contributed by atoms with Crippen LogP contribution in [0.1, 0.15) is 369 Å². The van der Waals surface area contributed by atoms with Gasteiger partial charge in [0.05, 0.1) is 37.2 Å². The molecular formula is C90H150O16. The van der Waals surface area contributed by atoms with E-state index in [0.29, 0.717) is 31.8 Å². The summed E-state index contributed by atoms with van der Waals surface area (Å²) in [7, 11) is 0. The highest BCUT2D eigenvalue weighted by Crippen LogP contribution is 2.31. The molecule has 2 heterocycles. The van der Waals surface area contributed by atoms with Crippen molar-refractivity contribution in [1.82, 2.24) is 0 Å². The van der Waals surface area contributed by atoms with Crippen molar-refractivity contribution in [3.05, 3.63) is 72.9 Å². The zero-order chi connectivity index (χ0) is 77.0. The highest BCUT2D eigenvalue weighted by atomic mass is 16.7. The minimum atomic E-state index is -0.930. The average Bonchev–Trinajstić information content (AvgIpc) is 1.66. The van der Waals surface area contributed by atoms with E-state index < -0.39 is 41.8 Å². The fourth-order valence-electron chi connectivity index (χ4n) is 13.9. The smallest absolute Gasteiger partial charge is 0.313 e. The molecule has 16 nitrogen and oxygen atoms in total. The van der Waals surface area contributed by atoms with Gasteiger partial charge in [-0.1, -0.05) is 314 Å². The molecule has 2 aliphatic rings. The maximum absolute atomic E-state index is 13.3. The van der Waals surface area contributed by atoms with Gasteiger partial charge in [0.2, 0.25) is 13.6 Å². The number of carbonyl (C=O) groups is 8. The number of rotatable bonds is 69. The molecule has 8 atom stereocenters. The van der Waals surface area contributed by atoms with Crippen molar-refractivity contribution in [2.45, 2.75) is 375 Å². The summed E-state index contributed by atoms with van der Waals surface area (Å²) in [5.74, 6) is -3.80. The molecular weight excluding hydrogens is 1340 g/mol. The molecule has 2 fully saturated rings. The first kappa shape index (κ1) is 96.3. The van der Waals surface area contributed by atoms with Gasteiger partial charge < -0.3 is 37.9 Å². The summed E-state index contributed by atoms with van der Waals surface area (Å²) in [6.07, 6.45) is 73.6. The van der Waals surface area contributed by atoms with E-state index in [0.717, 1.165) is 167 Å². The molecule has 0 spiro atoms. The lowest BCUT2D eigenvalue weighted by Gasteiger charge is -2.21. The Morgan fingerprint density at radius 2 is 0.783 bits per heavy atom. The van der Waals surface area contributed by atoms with Crippen LogP contribution in [-0.4, -0.2) is 87.3 Å². The second-order valence-corrected chi connectivity index (χ2v) is 30.2. The second kappa shape index (κ2) is 68.5. The molecule has 0 aromatic heterocycles. The number of hydrogen-bond acceptors (Lipinski definition) is 16. The molecule has 0 aromatic rings. The largest absolute Gasteiger partial charge is 0.465 e. The van der Waals surface area contributed by atoms with Gasteiger partial charge in [0.1, 0.15) is 13.2 Å². The van der Waals surface area contributed by atoms with Gasteiger partial charge in [-0.05, 0) is 120 Å². The number of hydrogen-bond donors (Lipinski definition) is 0. The van der Waals surface area contributed by atoms with Crippen LogP contribution in [0.15, 0.2) is 72.9 Å². The normalized spacial score (nSPS) is 17.0. The van der Waals surface area contributed by atoms with Gasteiger partial charge in [0.25, 0.3) is 0 Å². The Morgan fingerprint density at radius 3 is 1.28 bits per heavy atom. The van der Waals surface area contributed by atoms with Crippen molar-refractivity contribution < 1.29 is 76.3 Å². The van der Waals surface area contributed by atoms with Gasteiger partial charge in [-0.3, -0.25) is 38.4 Å². The lowest BCUT2D eigenvalue weighted by atomic mass is 9.84. The minimum Gasteiger partial charge on any atom is -0.465 e. The van der Waals surface area contributed by atoms with Gasteiger partial charge in [-0.25, -0.2) is 0 Å². The first-order valence-corrected chi connectivity index (χ1v) is 43.1. The van der Waals surface area contributed by atoms with Crippen molar-refractivity contribution in [3.8, 4) is 0 Å². The Kier molecular flexibility index (Phi) is 62.2. The number of unbranched alkanes of at least 4 members (excludes halogenated alkanes) is 33. The topological polar surface area (TPSA) is 210 Å². The molecule has 0 saturated carbocycles. The molecule has 0 N–H and O–H groups in total. The van der Waals surface area contributed by atoms with Crippen LogP contribution in [0.2, 0.25) is 0 Å². The number of allylic oxidation sites excluding steroid dienone is 12. The van der Waals surface area contributed by atoms with Crippen LogP contribution in [0.25, 0.3) is 0 Å². The Hall–Kier alpha value is -5.80. The monoisotopic (exact) mass is 1490 g/mol. The Balaban J connectivity index is 1.82. The third kappa shape index (κ3) is 53.1. The summed E-state index contributed by atoms with van der Waals surface area (Å²) in [5.41, 5.74) is 0. The molecule has 2 aliphatic heterocycles. The number of carbonyl (C=O) groups excluding carboxylic acids is 8. The summed E-state index contributed by atoms with van der Waals surface area (Å²) < 4.78 is 43.4. The highest BCUT2D eigenvalue weighted by Gasteiger charge is 2.35. The summed E-state index contributed by atoms with van der Waals surface area (Å²) in [6.45, 7) is 12.5. The fourth-order valence-corrected chi connectivity index (χ4v) is 13.9. The lowest BCUT2D eigenvalue weighted by Crippen LogP contribution is -2.30. The van der Waals surface area contributed by atoms with Gasteiger partial charge >= 0.3 is 47.8 Å². The van der Waals surface area contributed by atoms with E-state index in [1.54, 1.807) is 0 Å². The van der Waals surface area contributed by atoms with Gasteiger partial charge in [0.15, 0.2) is 6.10 Å². The van der Waals surface area contributed by atoms with Crippen LogP contribution in [-0.2, 0) is 76.3 Å². The van der Waals surface area contributed by atoms with Crippen LogP contribution in [0.5, 0.6) is 0 Å².